The van der Waals surface area contributed by atoms with Crippen LogP contribution in [0.1, 0.15) is 26.2 Å². The number of carbonyl (C=O) groups excluding carboxylic acids is 1. The molecule has 0 atom stereocenters. The zero-order chi connectivity index (χ0) is 16.8. The van der Waals surface area contributed by atoms with Gasteiger partial charge in [-0.3, -0.25) is 4.79 Å². The van der Waals surface area contributed by atoms with E-state index in [0.717, 1.165) is 12.8 Å². The molecule has 0 aliphatic carbocycles. The number of halogens is 1. The highest BCUT2D eigenvalue weighted by Gasteiger charge is 2.19. The molecule has 1 rings (SSSR count). The van der Waals surface area contributed by atoms with Gasteiger partial charge in [-0.2, -0.15) is 0 Å². The third kappa shape index (κ3) is 5.54. The van der Waals surface area contributed by atoms with Crippen molar-refractivity contribution in [1.29, 1.82) is 0 Å². The second kappa shape index (κ2) is 8.44. The van der Waals surface area contributed by atoms with E-state index in [1.807, 2.05) is 6.92 Å². The number of nitrogens with two attached hydrogens (primary N) is 1. The van der Waals surface area contributed by atoms with Crippen molar-refractivity contribution >= 4 is 37.7 Å². The molecule has 7 nitrogen and oxygen atoms in total. The van der Waals surface area contributed by atoms with Gasteiger partial charge in [-0.1, -0.05) is 13.3 Å². The summed E-state index contributed by atoms with van der Waals surface area (Å²) in [5.41, 5.74) is 5.58. The van der Waals surface area contributed by atoms with Crippen LogP contribution in [0.25, 0.3) is 0 Å². The molecule has 3 N–H and O–H groups in total. The molecule has 0 radical (unpaired) electrons. The van der Waals surface area contributed by atoms with E-state index in [2.05, 4.69) is 25.6 Å². The number of sulfonamides is 1. The fourth-order valence-corrected chi connectivity index (χ4v) is 3.35. The van der Waals surface area contributed by atoms with Gasteiger partial charge in [0.15, 0.2) is 0 Å². The first-order valence-corrected chi connectivity index (χ1v) is 9.20. The molecule has 0 saturated carbocycles. The Hall–Kier alpha value is -1.19. The third-order valence-electron chi connectivity index (χ3n) is 3.04. The summed E-state index contributed by atoms with van der Waals surface area (Å²) in [5.74, 6) is -0.182. The quantitative estimate of drug-likeness (QED) is 0.694. The zero-order valence-electron chi connectivity index (χ0n) is 12.7. The van der Waals surface area contributed by atoms with Crippen molar-refractivity contribution in [2.24, 2.45) is 0 Å². The van der Waals surface area contributed by atoms with Crippen molar-refractivity contribution < 1.29 is 13.2 Å². The predicted molar refractivity (Wildman–Crippen MR) is 88.7 cm³/mol. The molecule has 0 unspecified atom stereocenters. The van der Waals surface area contributed by atoms with E-state index in [0.29, 0.717) is 11.0 Å². The van der Waals surface area contributed by atoms with E-state index < -0.39 is 10.0 Å². The first-order chi connectivity index (χ1) is 10.3. The van der Waals surface area contributed by atoms with E-state index in [-0.39, 0.29) is 29.6 Å². The van der Waals surface area contributed by atoms with Crippen molar-refractivity contribution in [2.45, 2.75) is 31.1 Å². The maximum atomic E-state index is 12.2. The molecule has 1 aromatic heterocycles. The Labute approximate surface area is 139 Å². The lowest BCUT2D eigenvalue weighted by Crippen LogP contribution is -2.33. The van der Waals surface area contributed by atoms with E-state index in [4.69, 9.17) is 5.73 Å². The number of aromatic nitrogens is 1. The summed E-state index contributed by atoms with van der Waals surface area (Å²) in [7, 11) is -2.08. The van der Waals surface area contributed by atoms with Crippen LogP contribution in [0.3, 0.4) is 0 Å². The van der Waals surface area contributed by atoms with Crippen LogP contribution in [0, 0.1) is 0 Å². The SMILES string of the molecule is CCCCN(C)C(=O)CCNS(=O)(=O)c1cc(Br)cnc1N. The van der Waals surface area contributed by atoms with Gasteiger partial charge >= 0.3 is 0 Å². The minimum absolute atomic E-state index is 0.0174. The van der Waals surface area contributed by atoms with Gasteiger partial charge in [0.1, 0.15) is 10.7 Å². The molecule has 0 aliphatic rings. The molecular formula is C13H21BrN4O3S. The highest BCUT2D eigenvalue weighted by atomic mass is 79.9. The molecule has 0 aliphatic heterocycles. The predicted octanol–water partition coefficient (Wildman–Crippen LogP) is 1.35. The van der Waals surface area contributed by atoms with Gasteiger partial charge in [0.2, 0.25) is 15.9 Å². The molecule has 1 aromatic rings. The number of nitrogens with one attached hydrogen (secondary N) is 1. The Morgan fingerprint density at radius 2 is 2.18 bits per heavy atom. The van der Waals surface area contributed by atoms with E-state index >= 15 is 0 Å². The van der Waals surface area contributed by atoms with Crippen molar-refractivity contribution in [3.05, 3.63) is 16.7 Å². The number of hydrogen-bond acceptors (Lipinski definition) is 5. The monoisotopic (exact) mass is 392 g/mol. The molecule has 124 valence electrons. The van der Waals surface area contributed by atoms with Gasteiger partial charge < -0.3 is 10.6 Å². The summed E-state index contributed by atoms with van der Waals surface area (Å²) in [6.45, 7) is 2.73. The Bertz CT molecular complexity index is 622. The van der Waals surface area contributed by atoms with Crippen molar-refractivity contribution in [2.75, 3.05) is 25.9 Å². The van der Waals surface area contributed by atoms with Gasteiger partial charge in [-0.15, -0.1) is 0 Å². The van der Waals surface area contributed by atoms with Gasteiger partial charge in [0.05, 0.1) is 0 Å². The van der Waals surface area contributed by atoms with Crippen LogP contribution in [0.15, 0.2) is 21.6 Å². The van der Waals surface area contributed by atoms with Gasteiger partial charge in [-0.25, -0.2) is 18.1 Å². The molecule has 9 heteroatoms. The first-order valence-electron chi connectivity index (χ1n) is 6.92. The lowest BCUT2D eigenvalue weighted by atomic mass is 10.3. The number of rotatable bonds is 8. The van der Waals surface area contributed by atoms with E-state index in [9.17, 15) is 13.2 Å². The highest BCUT2D eigenvalue weighted by Crippen LogP contribution is 2.20. The van der Waals surface area contributed by atoms with E-state index in [1.165, 1.54) is 12.3 Å². The van der Waals surface area contributed by atoms with Crippen molar-refractivity contribution in [3.63, 3.8) is 0 Å². The number of carbonyl (C=O) groups is 1. The molecule has 22 heavy (non-hydrogen) atoms. The number of hydrogen-bond donors (Lipinski definition) is 2. The number of anilines is 1. The average Bonchev–Trinajstić information content (AvgIpc) is 2.46. The summed E-state index contributed by atoms with van der Waals surface area (Å²) in [6.07, 6.45) is 3.44. The van der Waals surface area contributed by atoms with E-state index in [1.54, 1.807) is 11.9 Å². The smallest absolute Gasteiger partial charge is 0.244 e. The number of amides is 1. The van der Waals surface area contributed by atoms with Crippen LogP contribution in [0.2, 0.25) is 0 Å². The second-order valence-corrected chi connectivity index (χ2v) is 7.50. The molecule has 1 amide bonds. The van der Waals surface area contributed by atoms with Gasteiger partial charge in [0.25, 0.3) is 0 Å². The van der Waals surface area contributed by atoms with Crippen LogP contribution < -0.4 is 10.5 Å². The Morgan fingerprint density at radius 1 is 1.50 bits per heavy atom. The van der Waals surface area contributed by atoms with Crippen LogP contribution in [0.4, 0.5) is 5.82 Å². The van der Waals surface area contributed by atoms with Gasteiger partial charge in [-0.05, 0) is 28.4 Å². The lowest BCUT2D eigenvalue weighted by Gasteiger charge is -2.16. The molecule has 1 heterocycles. The molecule has 0 saturated heterocycles. The van der Waals surface area contributed by atoms with Crippen LogP contribution in [-0.2, 0) is 14.8 Å². The Morgan fingerprint density at radius 3 is 2.82 bits per heavy atom. The summed E-state index contributed by atoms with van der Waals surface area (Å²) < 4.78 is 27.2. The summed E-state index contributed by atoms with van der Waals surface area (Å²) in [4.78, 5) is 17.1. The van der Waals surface area contributed by atoms with Crippen molar-refractivity contribution in [1.82, 2.24) is 14.6 Å². The summed E-state index contributed by atoms with van der Waals surface area (Å²) >= 11 is 3.15. The van der Waals surface area contributed by atoms with Crippen LogP contribution in [-0.4, -0.2) is 44.3 Å². The largest absolute Gasteiger partial charge is 0.383 e. The normalized spacial score (nSPS) is 11.4. The van der Waals surface area contributed by atoms with Crippen LogP contribution >= 0.6 is 15.9 Å². The molecule has 0 aromatic carbocycles. The number of nitrogens with zero attached hydrogens (tertiary/aromatic N) is 2. The number of pyridine rings is 1. The minimum Gasteiger partial charge on any atom is -0.383 e. The Balaban J connectivity index is 2.60. The maximum absolute atomic E-state index is 12.2. The fourth-order valence-electron chi connectivity index (χ4n) is 1.73. The number of unbranched alkanes of at least 4 members (excludes halogenated alkanes) is 1. The van der Waals surface area contributed by atoms with Crippen LogP contribution in [0.5, 0.6) is 0 Å². The summed E-state index contributed by atoms with van der Waals surface area (Å²) in [5, 5.41) is 0. The second-order valence-electron chi connectivity index (χ2n) is 4.85. The first kappa shape index (κ1) is 18.9. The van der Waals surface area contributed by atoms with Crippen molar-refractivity contribution in [3.8, 4) is 0 Å². The highest BCUT2D eigenvalue weighted by molar-refractivity contribution is 9.10. The average molecular weight is 393 g/mol. The minimum atomic E-state index is -3.79. The molecular weight excluding hydrogens is 372 g/mol. The maximum Gasteiger partial charge on any atom is 0.244 e. The molecule has 0 spiro atoms. The zero-order valence-corrected chi connectivity index (χ0v) is 15.1. The number of nitrogen functional groups attached to an aromatic ring is 1. The fraction of sp³-hybridized carbons (Fsp3) is 0.538. The Kier molecular flexibility index (Phi) is 7.24. The molecule has 0 fully saturated rings. The third-order valence-corrected chi connectivity index (χ3v) is 4.97. The topological polar surface area (TPSA) is 105 Å². The van der Waals surface area contributed by atoms with Gasteiger partial charge in [0, 0.05) is 37.2 Å². The standard InChI is InChI=1S/C13H21BrN4O3S/c1-3-4-7-18(2)12(19)5-6-17-22(20,21)11-8-10(14)9-16-13(11)15/h8-9,17H,3-7H2,1-2H3,(H2,15,16). The summed E-state index contributed by atoms with van der Waals surface area (Å²) in [6, 6.07) is 1.37. The lowest BCUT2D eigenvalue weighted by molar-refractivity contribution is -0.129. The molecule has 0 bridgehead atoms.